The Kier molecular flexibility index (Phi) is 24.3. The smallest absolute Gasteiger partial charge is 0.267 e. The number of hydrogen-bond acceptors (Lipinski definition) is 4. The predicted octanol–water partition coefficient (Wildman–Crippen LogP) is 7.67. The molecular weight excluding hydrogens is 486 g/mol. The molecule has 0 rings (SSSR count). The minimum atomic E-state index is -4.33. The van der Waals surface area contributed by atoms with Gasteiger partial charge in [-0.05, 0) is 32.1 Å². The van der Waals surface area contributed by atoms with Crippen molar-refractivity contribution in [2.24, 2.45) is 0 Å². The normalized spacial score (nSPS) is 13.9. The van der Waals surface area contributed by atoms with Crippen molar-refractivity contribution < 1.29 is 22.9 Å². The Balaban J connectivity index is 4.14. The zero-order valence-electron chi connectivity index (χ0n) is 23.8. The molecule has 0 aromatic heterocycles. The Morgan fingerprint density at radius 1 is 0.703 bits per heavy atom. The van der Waals surface area contributed by atoms with E-state index in [-0.39, 0.29) is 5.91 Å². The van der Waals surface area contributed by atoms with E-state index in [2.05, 4.69) is 31.3 Å². The lowest BCUT2D eigenvalue weighted by Crippen LogP contribution is -2.46. The fraction of sp³-hybridized carbons (Fsp3) is 0.833. The summed E-state index contributed by atoms with van der Waals surface area (Å²) >= 11 is 0. The summed E-state index contributed by atoms with van der Waals surface area (Å²) in [6, 6.07) is -1.06. The molecule has 0 aromatic rings. The molecule has 0 aromatic carbocycles. The fourth-order valence-electron chi connectivity index (χ4n) is 4.34. The highest BCUT2D eigenvalue weighted by Gasteiger charge is 2.24. The lowest BCUT2D eigenvalue weighted by atomic mass is 10.0. The van der Waals surface area contributed by atoms with Gasteiger partial charge in [0.15, 0.2) is 0 Å². The van der Waals surface area contributed by atoms with E-state index in [0.29, 0.717) is 12.8 Å². The number of unbranched alkanes of at least 4 members (excludes halogenated alkanes) is 16. The summed E-state index contributed by atoms with van der Waals surface area (Å²) in [6.07, 6.45) is 28.8. The third kappa shape index (κ3) is 26.2. The SMILES string of the molecule is CCCCCC/C=C/CC/C=C/C(O)C(CS(=O)(=O)O)NC(=O)CCCCCCCCCCCCCC. The molecule has 0 fully saturated rings. The molecule has 7 heteroatoms. The number of rotatable bonds is 26. The number of allylic oxidation sites excluding steroid dienone is 3. The van der Waals surface area contributed by atoms with E-state index in [1.54, 1.807) is 6.08 Å². The standard InChI is InChI=1S/C30H57NO5S/c1-3-5-7-9-11-13-15-16-18-20-22-24-26-30(33)31-28(27-37(34,35)36)29(32)25-23-21-19-17-14-12-10-8-6-4-2/h14,17,23,25,28-29,32H,3-13,15-16,18-22,24,26-27H2,1-2H3,(H,31,33)(H,34,35,36)/b17-14+,25-23+. The van der Waals surface area contributed by atoms with Crippen molar-refractivity contribution in [3.63, 3.8) is 0 Å². The number of aliphatic hydroxyl groups excluding tert-OH is 1. The summed E-state index contributed by atoms with van der Waals surface area (Å²) in [5.41, 5.74) is 0. The predicted molar refractivity (Wildman–Crippen MR) is 156 cm³/mol. The molecule has 37 heavy (non-hydrogen) atoms. The highest BCUT2D eigenvalue weighted by Crippen LogP contribution is 2.13. The highest BCUT2D eigenvalue weighted by molar-refractivity contribution is 7.85. The maximum Gasteiger partial charge on any atom is 0.267 e. The molecule has 3 N–H and O–H groups in total. The van der Waals surface area contributed by atoms with Crippen LogP contribution in [0.2, 0.25) is 0 Å². The molecule has 0 radical (unpaired) electrons. The van der Waals surface area contributed by atoms with E-state index in [4.69, 9.17) is 0 Å². The van der Waals surface area contributed by atoms with Gasteiger partial charge in [-0.2, -0.15) is 8.42 Å². The van der Waals surface area contributed by atoms with Crippen LogP contribution in [0.15, 0.2) is 24.3 Å². The Bertz CT molecular complexity index is 690. The summed E-state index contributed by atoms with van der Waals surface area (Å²) in [6.45, 7) is 4.43. The summed E-state index contributed by atoms with van der Waals surface area (Å²) in [4.78, 5) is 12.3. The van der Waals surface area contributed by atoms with Gasteiger partial charge in [-0.3, -0.25) is 9.35 Å². The molecule has 6 nitrogen and oxygen atoms in total. The first-order chi connectivity index (χ1) is 17.8. The van der Waals surface area contributed by atoms with Gasteiger partial charge in [0.1, 0.15) is 0 Å². The van der Waals surface area contributed by atoms with Gasteiger partial charge in [-0.25, -0.2) is 0 Å². The largest absolute Gasteiger partial charge is 0.387 e. The molecule has 0 heterocycles. The molecule has 2 atom stereocenters. The third-order valence-corrected chi connectivity index (χ3v) is 7.41. The third-order valence-electron chi connectivity index (χ3n) is 6.63. The van der Waals surface area contributed by atoms with Crippen molar-refractivity contribution in [1.82, 2.24) is 5.32 Å². The van der Waals surface area contributed by atoms with Crippen LogP contribution in [0.4, 0.5) is 0 Å². The van der Waals surface area contributed by atoms with Gasteiger partial charge in [-0.15, -0.1) is 0 Å². The Hall–Kier alpha value is -1.18. The molecule has 1 amide bonds. The summed E-state index contributed by atoms with van der Waals surface area (Å²) in [5, 5.41) is 13.0. The summed E-state index contributed by atoms with van der Waals surface area (Å²) in [7, 11) is -4.33. The molecule has 2 unspecified atom stereocenters. The first-order valence-corrected chi connectivity index (χ1v) is 16.6. The van der Waals surface area contributed by atoms with E-state index in [1.807, 2.05) is 0 Å². The van der Waals surface area contributed by atoms with Crippen LogP contribution in [-0.2, 0) is 14.9 Å². The van der Waals surface area contributed by atoms with Crippen molar-refractivity contribution in [2.45, 2.75) is 154 Å². The molecule has 0 aliphatic heterocycles. The number of carbonyl (C=O) groups is 1. The number of nitrogens with one attached hydrogen (secondary N) is 1. The van der Waals surface area contributed by atoms with Gasteiger partial charge in [0.05, 0.1) is 17.9 Å². The second-order valence-electron chi connectivity index (χ2n) is 10.4. The number of amides is 1. The lowest BCUT2D eigenvalue weighted by molar-refractivity contribution is -0.122. The first-order valence-electron chi connectivity index (χ1n) is 15.0. The van der Waals surface area contributed by atoms with E-state index >= 15 is 0 Å². The van der Waals surface area contributed by atoms with Gasteiger partial charge in [-0.1, -0.05) is 128 Å². The highest BCUT2D eigenvalue weighted by atomic mass is 32.2. The maximum absolute atomic E-state index is 12.3. The van der Waals surface area contributed by atoms with E-state index < -0.39 is 28.0 Å². The van der Waals surface area contributed by atoms with Crippen LogP contribution < -0.4 is 5.32 Å². The molecular formula is C30H57NO5S. The van der Waals surface area contributed by atoms with Crippen LogP contribution in [0, 0.1) is 0 Å². The zero-order chi connectivity index (χ0) is 27.6. The second-order valence-corrected chi connectivity index (χ2v) is 11.9. The van der Waals surface area contributed by atoms with E-state index in [9.17, 15) is 22.9 Å². The van der Waals surface area contributed by atoms with Crippen molar-refractivity contribution >= 4 is 16.0 Å². The summed E-state index contributed by atoms with van der Waals surface area (Å²) < 4.78 is 32.1. The maximum atomic E-state index is 12.3. The first kappa shape index (κ1) is 35.8. The average molecular weight is 544 g/mol. The van der Waals surface area contributed by atoms with Crippen LogP contribution >= 0.6 is 0 Å². The van der Waals surface area contributed by atoms with Crippen molar-refractivity contribution in [2.75, 3.05) is 5.75 Å². The van der Waals surface area contributed by atoms with Gasteiger partial charge in [0, 0.05) is 6.42 Å². The number of hydrogen-bond donors (Lipinski definition) is 3. The van der Waals surface area contributed by atoms with Crippen molar-refractivity contribution in [1.29, 1.82) is 0 Å². The van der Waals surface area contributed by atoms with E-state index in [1.165, 1.54) is 89.5 Å². The number of carbonyl (C=O) groups excluding carboxylic acids is 1. The molecule has 0 saturated carbocycles. The topological polar surface area (TPSA) is 104 Å². The van der Waals surface area contributed by atoms with Gasteiger partial charge in [0.2, 0.25) is 5.91 Å². The molecule has 0 saturated heterocycles. The Labute approximate surface area is 228 Å². The minimum Gasteiger partial charge on any atom is -0.387 e. The quantitative estimate of drug-likeness (QED) is 0.0590. The van der Waals surface area contributed by atoms with Crippen molar-refractivity contribution in [3.05, 3.63) is 24.3 Å². The average Bonchev–Trinajstić information content (AvgIpc) is 2.84. The van der Waals surface area contributed by atoms with Crippen molar-refractivity contribution in [3.8, 4) is 0 Å². The monoisotopic (exact) mass is 543 g/mol. The Morgan fingerprint density at radius 2 is 1.16 bits per heavy atom. The van der Waals surface area contributed by atoms with Gasteiger partial charge >= 0.3 is 0 Å². The zero-order valence-corrected chi connectivity index (χ0v) is 24.7. The van der Waals surface area contributed by atoms with Crippen LogP contribution in [0.3, 0.4) is 0 Å². The Morgan fingerprint density at radius 3 is 1.70 bits per heavy atom. The molecule has 0 aliphatic rings. The van der Waals surface area contributed by atoms with E-state index in [0.717, 1.165) is 32.1 Å². The van der Waals surface area contributed by atoms with Crippen LogP contribution in [0.5, 0.6) is 0 Å². The molecule has 0 aliphatic carbocycles. The van der Waals surface area contributed by atoms with Crippen LogP contribution in [-0.4, -0.2) is 41.9 Å². The molecule has 0 bridgehead atoms. The molecule has 218 valence electrons. The minimum absolute atomic E-state index is 0.291. The van der Waals surface area contributed by atoms with Crippen LogP contribution in [0.1, 0.15) is 142 Å². The van der Waals surface area contributed by atoms with Gasteiger partial charge in [0.25, 0.3) is 10.1 Å². The summed E-state index contributed by atoms with van der Waals surface area (Å²) in [5.74, 6) is -1.00. The molecule has 0 spiro atoms. The number of aliphatic hydroxyl groups is 1. The fourth-order valence-corrected chi connectivity index (χ4v) is 5.08. The lowest BCUT2D eigenvalue weighted by Gasteiger charge is -2.21. The van der Waals surface area contributed by atoms with Crippen LogP contribution in [0.25, 0.3) is 0 Å². The van der Waals surface area contributed by atoms with Gasteiger partial charge < -0.3 is 10.4 Å². The second kappa shape index (κ2) is 25.1.